The van der Waals surface area contributed by atoms with Crippen LogP contribution in [0.5, 0.6) is 5.75 Å². The number of hydrogen-bond donors (Lipinski definition) is 1. The topological polar surface area (TPSA) is 96.0 Å². The highest BCUT2D eigenvalue weighted by molar-refractivity contribution is 7.89. The summed E-state index contributed by atoms with van der Waals surface area (Å²) in [4.78, 5) is 29.7. The Bertz CT molecular complexity index is 968. The Balaban J connectivity index is 1.41. The summed E-state index contributed by atoms with van der Waals surface area (Å²) in [6.45, 7) is 4.83. The number of sulfonamides is 1. The minimum atomic E-state index is -3.76. The van der Waals surface area contributed by atoms with Crippen LogP contribution in [0.15, 0.2) is 23.1 Å². The maximum absolute atomic E-state index is 13.1. The molecule has 2 saturated heterocycles. The Labute approximate surface area is 190 Å². The van der Waals surface area contributed by atoms with E-state index in [-0.39, 0.29) is 34.4 Å². The number of carbonyl (C=O) groups excluding carboxylic acids is 2. The van der Waals surface area contributed by atoms with Crippen LogP contribution in [0.2, 0.25) is 0 Å². The van der Waals surface area contributed by atoms with E-state index in [4.69, 9.17) is 4.74 Å². The maximum Gasteiger partial charge on any atom is 0.253 e. The lowest BCUT2D eigenvalue weighted by atomic mass is 9.92. The molecule has 0 radical (unpaired) electrons. The molecule has 32 heavy (non-hydrogen) atoms. The number of piperidine rings is 2. The van der Waals surface area contributed by atoms with Crippen LogP contribution < -0.4 is 9.46 Å². The van der Waals surface area contributed by atoms with Gasteiger partial charge in [-0.1, -0.05) is 6.92 Å². The summed E-state index contributed by atoms with van der Waals surface area (Å²) < 4.78 is 33.4. The number of amides is 2. The predicted molar refractivity (Wildman–Crippen MR) is 120 cm³/mol. The molecule has 0 aromatic heterocycles. The number of nitrogens with zero attached hydrogens (tertiary/aromatic N) is 2. The smallest absolute Gasteiger partial charge is 0.253 e. The Morgan fingerprint density at radius 3 is 2.38 bits per heavy atom. The molecule has 1 N–H and O–H groups in total. The Kier molecular flexibility index (Phi) is 6.76. The first-order valence-electron chi connectivity index (χ1n) is 11.6. The fourth-order valence-corrected chi connectivity index (χ4v) is 6.16. The van der Waals surface area contributed by atoms with E-state index in [1.807, 2.05) is 4.90 Å². The van der Waals surface area contributed by atoms with Crippen LogP contribution in [-0.2, 0) is 14.8 Å². The Morgan fingerprint density at radius 2 is 1.75 bits per heavy atom. The largest absolute Gasteiger partial charge is 0.495 e. The summed E-state index contributed by atoms with van der Waals surface area (Å²) in [5.74, 6) is 0.721. The maximum atomic E-state index is 13.1. The molecular formula is C23H33N3O5S. The molecule has 1 unspecified atom stereocenters. The summed E-state index contributed by atoms with van der Waals surface area (Å²) in [7, 11) is -2.34. The molecule has 2 amide bonds. The van der Waals surface area contributed by atoms with Crippen molar-refractivity contribution >= 4 is 21.8 Å². The number of methoxy groups -OCH3 is 1. The molecule has 1 aromatic rings. The van der Waals surface area contributed by atoms with E-state index in [1.54, 1.807) is 11.0 Å². The third-order valence-electron chi connectivity index (χ3n) is 6.70. The first-order valence-corrected chi connectivity index (χ1v) is 13.0. The number of carbonyl (C=O) groups is 2. The highest BCUT2D eigenvalue weighted by atomic mass is 32.2. The SMILES string of the molecule is COc1ccc(C(=O)N2CCC(C(=O)N3CCCC(C)C3)CC2)cc1S(=O)(=O)NC1CC1. The van der Waals surface area contributed by atoms with E-state index in [9.17, 15) is 18.0 Å². The van der Waals surface area contributed by atoms with E-state index in [1.165, 1.54) is 25.7 Å². The third kappa shape index (κ3) is 5.09. The lowest BCUT2D eigenvalue weighted by Crippen LogP contribution is -2.47. The van der Waals surface area contributed by atoms with E-state index in [2.05, 4.69) is 11.6 Å². The van der Waals surface area contributed by atoms with Crippen LogP contribution in [0.3, 0.4) is 0 Å². The molecule has 2 heterocycles. The van der Waals surface area contributed by atoms with Crippen LogP contribution in [0.25, 0.3) is 0 Å². The number of likely N-dealkylation sites (tertiary alicyclic amines) is 2. The van der Waals surface area contributed by atoms with Crippen molar-refractivity contribution in [2.24, 2.45) is 11.8 Å². The highest BCUT2D eigenvalue weighted by Crippen LogP contribution is 2.30. The van der Waals surface area contributed by atoms with Gasteiger partial charge in [0.15, 0.2) is 0 Å². The van der Waals surface area contributed by atoms with Gasteiger partial charge in [-0.15, -0.1) is 0 Å². The Hall–Kier alpha value is -2.13. The van der Waals surface area contributed by atoms with Gasteiger partial charge in [-0.25, -0.2) is 13.1 Å². The van der Waals surface area contributed by atoms with Crippen molar-refractivity contribution in [1.29, 1.82) is 0 Å². The van der Waals surface area contributed by atoms with Crippen LogP contribution in [0.1, 0.15) is 55.8 Å². The fraction of sp³-hybridized carbons (Fsp3) is 0.652. The number of benzene rings is 1. The molecule has 1 aromatic carbocycles. The van der Waals surface area contributed by atoms with Crippen LogP contribution in [0, 0.1) is 11.8 Å². The normalized spacial score (nSPS) is 22.6. The molecule has 3 fully saturated rings. The summed E-state index contributed by atoms with van der Waals surface area (Å²) in [5, 5.41) is 0. The molecule has 1 saturated carbocycles. The average molecular weight is 464 g/mol. The molecule has 4 rings (SSSR count). The molecule has 2 aliphatic heterocycles. The number of rotatable bonds is 6. The van der Waals surface area contributed by atoms with Crippen LogP contribution in [-0.4, -0.2) is 69.4 Å². The standard InChI is InChI=1S/C23H33N3O5S/c1-16-4-3-11-26(15-16)22(27)17-9-12-25(13-10-17)23(28)18-5-8-20(31-2)21(14-18)32(29,30)24-19-6-7-19/h5,8,14,16-17,19,24H,3-4,6-7,9-13,15H2,1-2H3. The first kappa shape index (κ1) is 23.0. The van der Waals surface area contributed by atoms with Gasteiger partial charge in [-0.2, -0.15) is 0 Å². The van der Waals surface area contributed by atoms with Gasteiger partial charge in [-0.3, -0.25) is 9.59 Å². The molecule has 1 aliphatic carbocycles. The fourth-order valence-electron chi connectivity index (χ4n) is 4.66. The second-order valence-electron chi connectivity index (χ2n) is 9.36. The van der Waals surface area contributed by atoms with Crippen LogP contribution in [0.4, 0.5) is 0 Å². The molecule has 1 atom stereocenters. The van der Waals surface area contributed by atoms with Crippen LogP contribution >= 0.6 is 0 Å². The molecular weight excluding hydrogens is 430 g/mol. The average Bonchev–Trinajstić information content (AvgIpc) is 3.61. The van der Waals surface area contributed by atoms with Crippen molar-refractivity contribution < 1.29 is 22.7 Å². The summed E-state index contributed by atoms with van der Waals surface area (Å²) in [6, 6.07) is 4.49. The van der Waals surface area contributed by atoms with Gasteiger partial charge in [0.05, 0.1) is 7.11 Å². The molecule has 3 aliphatic rings. The van der Waals surface area contributed by atoms with E-state index >= 15 is 0 Å². The molecule has 0 spiro atoms. The lowest BCUT2D eigenvalue weighted by Gasteiger charge is -2.37. The monoisotopic (exact) mass is 463 g/mol. The van der Waals surface area contributed by atoms with Gasteiger partial charge in [0.2, 0.25) is 15.9 Å². The lowest BCUT2D eigenvalue weighted by molar-refractivity contribution is -0.138. The molecule has 8 nitrogen and oxygen atoms in total. The van der Waals surface area contributed by atoms with Crippen molar-refractivity contribution in [3.63, 3.8) is 0 Å². The van der Waals surface area contributed by atoms with Crippen molar-refractivity contribution in [2.75, 3.05) is 33.3 Å². The van der Waals surface area contributed by atoms with Gasteiger partial charge in [0.1, 0.15) is 10.6 Å². The molecule has 9 heteroatoms. The quantitative estimate of drug-likeness (QED) is 0.698. The van der Waals surface area contributed by atoms with Gasteiger partial charge >= 0.3 is 0 Å². The Morgan fingerprint density at radius 1 is 1.03 bits per heavy atom. The number of hydrogen-bond acceptors (Lipinski definition) is 5. The van der Waals surface area contributed by atoms with Crippen molar-refractivity contribution in [1.82, 2.24) is 14.5 Å². The van der Waals surface area contributed by atoms with Crippen molar-refractivity contribution in [3.8, 4) is 5.75 Å². The van der Waals surface area contributed by atoms with Gasteiger partial charge in [-0.05, 0) is 62.6 Å². The van der Waals surface area contributed by atoms with E-state index < -0.39 is 10.0 Å². The minimum Gasteiger partial charge on any atom is -0.495 e. The second-order valence-corrected chi connectivity index (χ2v) is 11.0. The van der Waals surface area contributed by atoms with Gasteiger partial charge in [0, 0.05) is 43.7 Å². The molecule has 176 valence electrons. The van der Waals surface area contributed by atoms with E-state index in [0.29, 0.717) is 37.4 Å². The zero-order valence-corrected chi connectivity index (χ0v) is 19.7. The predicted octanol–water partition coefficient (Wildman–Crippen LogP) is 2.25. The summed E-state index contributed by atoms with van der Waals surface area (Å²) in [6.07, 6.45) is 5.16. The second kappa shape index (κ2) is 9.39. The molecule has 0 bridgehead atoms. The van der Waals surface area contributed by atoms with Gasteiger partial charge in [0.25, 0.3) is 5.91 Å². The van der Waals surface area contributed by atoms with Gasteiger partial charge < -0.3 is 14.5 Å². The summed E-state index contributed by atoms with van der Waals surface area (Å²) >= 11 is 0. The van der Waals surface area contributed by atoms with Crippen molar-refractivity contribution in [3.05, 3.63) is 23.8 Å². The third-order valence-corrected chi connectivity index (χ3v) is 8.24. The zero-order chi connectivity index (χ0) is 22.9. The van der Waals surface area contributed by atoms with Crippen molar-refractivity contribution in [2.45, 2.75) is 56.4 Å². The first-order chi connectivity index (χ1) is 15.3. The van der Waals surface area contributed by atoms with E-state index in [0.717, 1.165) is 32.4 Å². The number of nitrogens with one attached hydrogen (secondary N) is 1. The highest BCUT2D eigenvalue weighted by Gasteiger charge is 2.33. The number of ether oxygens (including phenoxy) is 1. The zero-order valence-electron chi connectivity index (χ0n) is 18.9. The summed E-state index contributed by atoms with van der Waals surface area (Å²) in [5.41, 5.74) is 0.316. The minimum absolute atomic E-state index is 0.0120.